The Morgan fingerprint density at radius 2 is 1.32 bits per heavy atom. The number of hydrogen-bond donors (Lipinski definition) is 1. The van der Waals surface area contributed by atoms with Crippen molar-refractivity contribution < 1.29 is 5.11 Å². The Morgan fingerprint density at radius 1 is 0.864 bits per heavy atom. The number of aryl methyl sites for hydroxylation is 1. The number of phenolic OH excluding ortho intramolecular Hbond substituents is 1. The van der Waals surface area contributed by atoms with Crippen LogP contribution in [-0.4, -0.2) is 30.6 Å². The van der Waals surface area contributed by atoms with Gasteiger partial charge in [0.2, 0.25) is 0 Å². The molecule has 0 radical (unpaired) electrons. The van der Waals surface area contributed by atoms with E-state index in [1.54, 1.807) is 0 Å². The molecule has 1 aromatic carbocycles. The molecule has 1 N–H and O–H groups in total. The van der Waals surface area contributed by atoms with Crippen LogP contribution in [0.1, 0.15) is 71.1 Å². The number of unbranched alkanes of at least 4 members (excludes halogenated alkanes) is 1. The van der Waals surface area contributed by atoms with E-state index in [2.05, 4.69) is 72.7 Å². The van der Waals surface area contributed by atoms with Gasteiger partial charge in [-0.1, -0.05) is 53.7 Å². The molecular weight excluding hydrogens is 270 g/mol. The number of phenols is 1. The average Bonchev–Trinajstić information content (AvgIpc) is 2.33. The highest BCUT2D eigenvalue weighted by Gasteiger charge is 2.26. The van der Waals surface area contributed by atoms with Crippen molar-refractivity contribution in [2.24, 2.45) is 0 Å². The molecule has 0 bridgehead atoms. The zero-order valence-electron chi connectivity index (χ0n) is 15.9. The van der Waals surface area contributed by atoms with Crippen LogP contribution in [0.5, 0.6) is 5.75 Å². The molecule has 1 aromatic rings. The van der Waals surface area contributed by atoms with Crippen molar-refractivity contribution in [2.75, 3.05) is 20.6 Å². The Kier molecular flexibility index (Phi) is 6.09. The quantitative estimate of drug-likeness (QED) is 0.784. The normalized spacial score (nSPS) is 13.0. The number of aromatic hydroxyl groups is 1. The van der Waals surface area contributed by atoms with Gasteiger partial charge in [-0.3, -0.25) is 0 Å². The molecule has 0 spiro atoms. The molecule has 0 heterocycles. The van der Waals surface area contributed by atoms with Crippen LogP contribution in [-0.2, 0) is 17.3 Å². The van der Waals surface area contributed by atoms with E-state index in [9.17, 15) is 5.11 Å². The standard InChI is InChI=1S/C20H35NO/c1-19(2,3)16-13-15(11-9-10-12-21(7)8)14-17(18(16)22)20(4,5)6/h13-14,22H,9-12H2,1-8H3. The first-order valence-electron chi connectivity index (χ1n) is 8.44. The van der Waals surface area contributed by atoms with Crippen molar-refractivity contribution in [3.8, 4) is 5.75 Å². The molecule has 126 valence electrons. The van der Waals surface area contributed by atoms with Gasteiger partial charge in [-0.05, 0) is 67.4 Å². The number of nitrogens with zero attached hydrogens (tertiary/aromatic N) is 1. The molecule has 2 nitrogen and oxygen atoms in total. The molecule has 0 fully saturated rings. The minimum Gasteiger partial charge on any atom is -0.507 e. The largest absolute Gasteiger partial charge is 0.507 e. The third-order valence-corrected chi connectivity index (χ3v) is 4.11. The van der Waals surface area contributed by atoms with Crippen molar-refractivity contribution in [3.63, 3.8) is 0 Å². The second-order valence-corrected chi connectivity index (χ2v) is 8.80. The van der Waals surface area contributed by atoms with Gasteiger partial charge in [-0.15, -0.1) is 0 Å². The van der Waals surface area contributed by atoms with E-state index in [0.29, 0.717) is 5.75 Å². The lowest BCUT2D eigenvalue weighted by Crippen LogP contribution is -2.18. The third kappa shape index (κ3) is 5.31. The second-order valence-electron chi connectivity index (χ2n) is 8.80. The fraction of sp³-hybridized carbons (Fsp3) is 0.700. The molecule has 1 rings (SSSR count). The summed E-state index contributed by atoms with van der Waals surface area (Å²) in [6.45, 7) is 14.2. The van der Waals surface area contributed by atoms with Gasteiger partial charge in [-0.2, -0.15) is 0 Å². The minimum absolute atomic E-state index is 0.0380. The Labute approximate surface area is 137 Å². The van der Waals surface area contributed by atoms with E-state index in [-0.39, 0.29) is 10.8 Å². The van der Waals surface area contributed by atoms with Gasteiger partial charge in [0.1, 0.15) is 5.75 Å². The van der Waals surface area contributed by atoms with Crippen LogP contribution in [0.25, 0.3) is 0 Å². The lowest BCUT2D eigenvalue weighted by Gasteiger charge is -2.28. The molecular formula is C20H35NO. The fourth-order valence-electron chi connectivity index (χ4n) is 2.74. The number of benzene rings is 1. The third-order valence-electron chi connectivity index (χ3n) is 4.11. The van der Waals surface area contributed by atoms with E-state index in [0.717, 1.165) is 24.1 Å². The van der Waals surface area contributed by atoms with E-state index in [4.69, 9.17) is 0 Å². The van der Waals surface area contributed by atoms with E-state index in [1.807, 2.05) is 0 Å². The fourth-order valence-corrected chi connectivity index (χ4v) is 2.74. The zero-order chi connectivity index (χ0) is 17.1. The molecule has 0 saturated carbocycles. The van der Waals surface area contributed by atoms with Crippen LogP contribution in [0.3, 0.4) is 0 Å². The van der Waals surface area contributed by atoms with E-state index < -0.39 is 0 Å². The molecule has 0 aliphatic heterocycles. The highest BCUT2D eigenvalue weighted by atomic mass is 16.3. The summed E-state index contributed by atoms with van der Waals surface area (Å²) in [5.41, 5.74) is 3.42. The summed E-state index contributed by atoms with van der Waals surface area (Å²) in [7, 11) is 4.24. The molecule has 0 aliphatic carbocycles. The predicted octanol–water partition coefficient (Wildman–Crippen LogP) is 4.87. The van der Waals surface area contributed by atoms with Crippen LogP contribution < -0.4 is 0 Å². The summed E-state index contributed by atoms with van der Waals surface area (Å²) in [5.74, 6) is 0.483. The maximum Gasteiger partial charge on any atom is 0.123 e. The van der Waals surface area contributed by atoms with Gasteiger partial charge in [0.05, 0.1) is 0 Å². The average molecular weight is 306 g/mol. The van der Waals surface area contributed by atoms with Crippen LogP contribution in [0.15, 0.2) is 12.1 Å². The Bertz CT molecular complexity index is 454. The van der Waals surface area contributed by atoms with Crippen LogP contribution in [0.2, 0.25) is 0 Å². The summed E-state index contributed by atoms with van der Waals surface area (Å²) in [5, 5.41) is 10.7. The Morgan fingerprint density at radius 3 is 1.68 bits per heavy atom. The summed E-state index contributed by atoms with van der Waals surface area (Å²) in [4.78, 5) is 2.23. The van der Waals surface area contributed by atoms with Gasteiger partial charge >= 0.3 is 0 Å². The van der Waals surface area contributed by atoms with Crippen LogP contribution >= 0.6 is 0 Å². The SMILES string of the molecule is CN(C)CCCCc1cc(C(C)(C)C)c(O)c(C(C)(C)C)c1. The first-order chi connectivity index (χ1) is 9.93. The molecule has 0 aromatic heterocycles. The van der Waals surface area contributed by atoms with Gasteiger partial charge in [0.25, 0.3) is 0 Å². The molecule has 0 saturated heterocycles. The van der Waals surface area contributed by atoms with E-state index >= 15 is 0 Å². The second kappa shape index (κ2) is 7.04. The highest BCUT2D eigenvalue weighted by molar-refractivity contribution is 5.49. The van der Waals surface area contributed by atoms with Crippen LogP contribution in [0.4, 0.5) is 0 Å². The first kappa shape index (κ1) is 19.0. The summed E-state index contributed by atoms with van der Waals surface area (Å²) in [6.07, 6.45) is 3.49. The number of hydrogen-bond acceptors (Lipinski definition) is 2. The zero-order valence-corrected chi connectivity index (χ0v) is 15.9. The monoisotopic (exact) mass is 305 g/mol. The van der Waals surface area contributed by atoms with Crippen molar-refractivity contribution >= 4 is 0 Å². The van der Waals surface area contributed by atoms with Gasteiger partial charge in [0.15, 0.2) is 0 Å². The van der Waals surface area contributed by atoms with Gasteiger partial charge < -0.3 is 10.0 Å². The molecule has 0 aliphatic rings. The molecule has 0 atom stereocenters. The van der Waals surface area contributed by atoms with Crippen LogP contribution in [0, 0.1) is 0 Å². The van der Waals surface area contributed by atoms with Crippen molar-refractivity contribution in [3.05, 3.63) is 28.8 Å². The van der Waals surface area contributed by atoms with Gasteiger partial charge in [0, 0.05) is 0 Å². The first-order valence-corrected chi connectivity index (χ1v) is 8.44. The van der Waals surface area contributed by atoms with Crippen molar-refractivity contribution in [2.45, 2.75) is 71.6 Å². The molecule has 22 heavy (non-hydrogen) atoms. The smallest absolute Gasteiger partial charge is 0.123 e. The molecule has 0 amide bonds. The number of rotatable bonds is 5. The van der Waals surface area contributed by atoms with Gasteiger partial charge in [-0.25, -0.2) is 0 Å². The lowest BCUT2D eigenvalue weighted by molar-refractivity contribution is 0.394. The van der Waals surface area contributed by atoms with E-state index in [1.165, 1.54) is 18.4 Å². The van der Waals surface area contributed by atoms with Crippen molar-refractivity contribution in [1.29, 1.82) is 0 Å². The Hall–Kier alpha value is -1.02. The highest BCUT2D eigenvalue weighted by Crippen LogP contribution is 2.39. The summed E-state index contributed by atoms with van der Waals surface area (Å²) < 4.78 is 0. The topological polar surface area (TPSA) is 23.5 Å². The maximum absolute atomic E-state index is 10.7. The molecule has 2 heteroatoms. The minimum atomic E-state index is -0.0380. The predicted molar refractivity (Wildman–Crippen MR) is 97.0 cm³/mol. The lowest BCUT2D eigenvalue weighted by atomic mass is 9.78. The van der Waals surface area contributed by atoms with Crippen molar-refractivity contribution in [1.82, 2.24) is 4.90 Å². The summed E-state index contributed by atoms with van der Waals surface area (Å²) in [6, 6.07) is 4.42. The molecule has 0 unspecified atom stereocenters. The maximum atomic E-state index is 10.7. The Balaban J connectivity index is 3.08. The summed E-state index contributed by atoms with van der Waals surface area (Å²) >= 11 is 0.